The molecule has 29 heavy (non-hydrogen) atoms. The predicted octanol–water partition coefficient (Wildman–Crippen LogP) is 2.72. The zero-order valence-electron chi connectivity index (χ0n) is 16.8. The maximum Gasteiger partial charge on any atom is 0.241 e. The Morgan fingerprint density at radius 2 is 1.90 bits per heavy atom. The van der Waals surface area contributed by atoms with Crippen LogP contribution in [0.4, 0.5) is 4.39 Å². The van der Waals surface area contributed by atoms with Crippen molar-refractivity contribution in [3.8, 4) is 0 Å². The van der Waals surface area contributed by atoms with Crippen molar-refractivity contribution >= 4 is 27.5 Å². The third-order valence-electron chi connectivity index (χ3n) is 5.65. The molecule has 1 amide bonds. The van der Waals surface area contributed by atoms with E-state index in [4.69, 9.17) is 11.6 Å². The number of carbonyl (C=O) groups excluding carboxylic acids is 1. The summed E-state index contributed by atoms with van der Waals surface area (Å²) in [6.07, 6.45) is 2.81. The molecule has 2 saturated heterocycles. The van der Waals surface area contributed by atoms with Crippen LogP contribution in [0, 0.1) is 5.82 Å². The van der Waals surface area contributed by atoms with Crippen molar-refractivity contribution in [3.05, 3.63) is 34.6 Å². The van der Waals surface area contributed by atoms with Gasteiger partial charge >= 0.3 is 0 Å². The second kappa shape index (κ2) is 9.73. The molecule has 0 radical (unpaired) electrons. The predicted molar refractivity (Wildman–Crippen MR) is 112 cm³/mol. The summed E-state index contributed by atoms with van der Waals surface area (Å²) >= 11 is 6.12. The van der Waals surface area contributed by atoms with Gasteiger partial charge in [0.25, 0.3) is 0 Å². The molecule has 9 heteroatoms. The molecule has 2 aliphatic heterocycles. The number of hydrogen-bond acceptors (Lipinski definition) is 4. The Kier molecular flexibility index (Phi) is 7.53. The zero-order valence-corrected chi connectivity index (χ0v) is 18.4. The molecule has 1 unspecified atom stereocenters. The van der Waals surface area contributed by atoms with Crippen molar-refractivity contribution in [2.75, 3.05) is 38.5 Å². The van der Waals surface area contributed by atoms with Crippen molar-refractivity contribution in [3.63, 3.8) is 0 Å². The third kappa shape index (κ3) is 5.48. The molecular formula is C20H29ClFN3O3S. The number of amides is 1. The Morgan fingerprint density at radius 3 is 2.55 bits per heavy atom. The molecule has 2 heterocycles. The summed E-state index contributed by atoms with van der Waals surface area (Å²) in [4.78, 5) is 17.1. The number of carbonyl (C=O) groups is 1. The highest BCUT2D eigenvalue weighted by molar-refractivity contribution is 7.89. The van der Waals surface area contributed by atoms with Crippen molar-refractivity contribution in [1.82, 2.24) is 14.1 Å². The van der Waals surface area contributed by atoms with Crippen LogP contribution < -0.4 is 0 Å². The molecule has 2 aliphatic rings. The summed E-state index contributed by atoms with van der Waals surface area (Å²) in [5, 5.41) is 0.405. The second-order valence-corrected chi connectivity index (χ2v) is 10.2. The van der Waals surface area contributed by atoms with Crippen molar-refractivity contribution in [2.24, 2.45) is 0 Å². The maximum absolute atomic E-state index is 13.2. The van der Waals surface area contributed by atoms with E-state index < -0.39 is 16.1 Å². The lowest BCUT2D eigenvalue weighted by Crippen LogP contribution is -2.57. The second-order valence-electron chi connectivity index (χ2n) is 7.78. The lowest BCUT2D eigenvalue weighted by Gasteiger charge is -2.40. The Labute approximate surface area is 177 Å². The van der Waals surface area contributed by atoms with Gasteiger partial charge in [0.05, 0.1) is 5.75 Å². The molecule has 0 N–H and O–H groups in total. The summed E-state index contributed by atoms with van der Waals surface area (Å²) in [5.74, 6) is -0.351. The number of benzene rings is 1. The highest BCUT2D eigenvalue weighted by Crippen LogP contribution is 2.24. The first-order chi connectivity index (χ1) is 13.8. The standard InChI is InChI=1S/C20H29ClFN3O3S/c1-2-13-29(27,28)25-8-4-3-5-19(25)20(26)24-11-9-23(10-12-24)15-16-6-7-17(22)14-18(16)21/h6-7,14,19H,2-5,8-13,15H2,1H3. The maximum atomic E-state index is 13.2. The monoisotopic (exact) mass is 445 g/mol. The van der Waals surface area contributed by atoms with E-state index >= 15 is 0 Å². The Bertz CT molecular complexity index is 828. The summed E-state index contributed by atoms with van der Waals surface area (Å²) in [7, 11) is -3.40. The molecule has 6 nitrogen and oxygen atoms in total. The Morgan fingerprint density at radius 1 is 1.17 bits per heavy atom. The van der Waals surface area contributed by atoms with E-state index in [1.807, 2.05) is 6.92 Å². The molecule has 1 aromatic rings. The molecule has 0 aromatic heterocycles. The fourth-order valence-electron chi connectivity index (χ4n) is 4.09. The van der Waals surface area contributed by atoms with Crippen LogP contribution in [0.5, 0.6) is 0 Å². The fourth-order valence-corrected chi connectivity index (χ4v) is 6.06. The van der Waals surface area contributed by atoms with Gasteiger partial charge in [0.2, 0.25) is 15.9 Å². The molecule has 3 rings (SSSR count). The van der Waals surface area contributed by atoms with E-state index in [1.165, 1.54) is 16.4 Å². The number of rotatable bonds is 6. The van der Waals surface area contributed by atoms with Gasteiger partial charge in [0, 0.05) is 44.3 Å². The average molecular weight is 446 g/mol. The number of piperidine rings is 1. The van der Waals surface area contributed by atoms with Crippen LogP contribution in [-0.2, 0) is 21.4 Å². The largest absolute Gasteiger partial charge is 0.339 e. The lowest BCUT2D eigenvalue weighted by atomic mass is 10.0. The van der Waals surface area contributed by atoms with Crippen molar-refractivity contribution in [1.29, 1.82) is 0 Å². The fraction of sp³-hybridized carbons (Fsp3) is 0.650. The van der Waals surface area contributed by atoms with Gasteiger partial charge in [-0.05, 0) is 37.0 Å². The Hall–Kier alpha value is -1.22. The third-order valence-corrected chi connectivity index (χ3v) is 8.08. The SMILES string of the molecule is CCCS(=O)(=O)N1CCCCC1C(=O)N1CCN(Cc2ccc(F)cc2Cl)CC1. The lowest BCUT2D eigenvalue weighted by molar-refractivity contribution is -0.138. The molecule has 0 aliphatic carbocycles. The van der Waals surface area contributed by atoms with Gasteiger partial charge in [-0.25, -0.2) is 12.8 Å². The van der Waals surface area contributed by atoms with E-state index in [9.17, 15) is 17.6 Å². The highest BCUT2D eigenvalue weighted by atomic mass is 35.5. The average Bonchev–Trinajstić information content (AvgIpc) is 2.70. The number of sulfonamides is 1. The van der Waals surface area contributed by atoms with Crippen LogP contribution in [0.15, 0.2) is 18.2 Å². The number of piperazine rings is 1. The highest BCUT2D eigenvalue weighted by Gasteiger charge is 2.38. The molecule has 162 valence electrons. The van der Waals surface area contributed by atoms with Gasteiger partial charge in [-0.1, -0.05) is 31.0 Å². The van der Waals surface area contributed by atoms with E-state index in [2.05, 4.69) is 4.90 Å². The van der Waals surface area contributed by atoms with Crippen LogP contribution in [0.2, 0.25) is 5.02 Å². The smallest absolute Gasteiger partial charge is 0.241 e. The van der Waals surface area contributed by atoms with Gasteiger partial charge in [-0.15, -0.1) is 0 Å². The molecule has 2 fully saturated rings. The Balaban J connectivity index is 1.60. The van der Waals surface area contributed by atoms with Crippen LogP contribution in [0.1, 0.15) is 38.2 Å². The van der Waals surface area contributed by atoms with E-state index in [0.29, 0.717) is 57.1 Å². The molecule has 0 spiro atoms. The normalized spacial score (nSPS) is 22.0. The van der Waals surface area contributed by atoms with Gasteiger partial charge in [0.15, 0.2) is 0 Å². The zero-order chi connectivity index (χ0) is 21.0. The van der Waals surface area contributed by atoms with E-state index in [1.54, 1.807) is 11.0 Å². The number of halogens is 2. The van der Waals surface area contributed by atoms with Crippen LogP contribution >= 0.6 is 11.6 Å². The first-order valence-corrected chi connectivity index (χ1v) is 12.2. The number of hydrogen-bond donors (Lipinski definition) is 0. The molecule has 1 aromatic carbocycles. The van der Waals surface area contributed by atoms with Gasteiger partial charge in [-0.3, -0.25) is 9.69 Å². The quantitative estimate of drug-likeness (QED) is 0.675. The minimum atomic E-state index is -3.40. The summed E-state index contributed by atoms with van der Waals surface area (Å²) in [5.41, 5.74) is 0.858. The minimum Gasteiger partial charge on any atom is -0.339 e. The van der Waals surface area contributed by atoms with E-state index in [0.717, 1.165) is 18.4 Å². The first kappa shape index (κ1) is 22.5. The summed E-state index contributed by atoms with van der Waals surface area (Å²) in [6.45, 7) is 5.32. The van der Waals surface area contributed by atoms with Gasteiger partial charge in [0.1, 0.15) is 11.9 Å². The molecule has 0 bridgehead atoms. The van der Waals surface area contributed by atoms with Gasteiger partial charge < -0.3 is 4.90 Å². The molecular weight excluding hydrogens is 417 g/mol. The first-order valence-electron chi connectivity index (χ1n) is 10.3. The molecule has 0 saturated carbocycles. The van der Waals surface area contributed by atoms with Gasteiger partial charge in [-0.2, -0.15) is 4.31 Å². The molecule has 1 atom stereocenters. The van der Waals surface area contributed by atoms with Crippen molar-refractivity contribution < 1.29 is 17.6 Å². The van der Waals surface area contributed by atoms with Crippen LogP contribution in [-0.4, -0.2) is 72.9 Å². The van der Waals surface area contributed by atoms with Crippen molar-refractivity contribution in [2.45, 2.75) is 45.2 Å². The van der Waals surface area contributed by atoms with E-state index in [-0.39, 0.29) is 17.5 Å². The van der Waals surface area contributed by atoms with Crippen LogP contribution in [0.25, 0.3) is 0 Å². The number of nitrogens with zero attached hydrogens (tertiary/aromatic N) is 3. The summed E-state index contributed by atoms with van der Waals surface area (Å²) in [6, 6.07) is 3.83. The minimum absolute atomic E-state index is 0.0798. The van der Waals surface area contributed by atoms with Crippen LogP contribution in [0.3, 0.4) is 0 Å². The summed E-state index contributed by atoms with van der Waals surface area (Å²) < 4.78 is 39.9. The topological polar surface area (TPSA) is 60.9 Å².